The third kappa shape index (κ3) is 17.9. The molecule has 0 radical (unpaired) electrons. The molecule has 0 bridgehead atoms. The molecule has 0 aromatic carbocycles. The van der Waals surface area contributed by atoms with E-state index in [-0.39, 0.29) is 38.0 Å². The minimum atomic E-state index is -1.50. The molecular formula is C45H75NO17. The van der Waals surface area contributed by atoms with E-state index in [4.69, 9.17) is 43.0 Å². The fourth-order valence-corrected chi connectivity index (χ4v) is 8.08. The van der Waals surface area contributed by atoms with E-state index in [1.54, 1.807) is 77.9 Å². The molecule has 0 aromatic heterocycles. The topological polar surface area (TPSA) is 243 Å². The molecule has 63 heavy (non-hydrogen) atoms. The molecule has 3 aliphatic rings. The van der Waals surface area contributed by atoms with Crippen LogP contribution in [0.25, 0.3) is 0 Å². The highest BCUT2D eigenvalue weighted by molar-refractivity contribution is 5.72. The number of hydrogen-bond donors (Lipinski definition) is 4. The van der Waals surface area contributed by atoms with Gasteiger partial charge < -0.3 is 68.0 Å². The van der Waals surface area contributed by atoms with Crippen LogP contribution in [0.4, 0.5) is 0 Å². The Balaban J connectivity index is 0.00000257. The van der Waals surface area contributed by atoms with Gasteiger partial charge in [-0.2, -0.15) is 0 Å². The van der Waals surface area contributed by atoms with Crippen molar-refractivity contribution < 1.29 is 82.3 Å². The molecule has 0 spiro atoms. The number of likely N-dealkylation sites (N-methyl/N-ethyl adjacent to an activating group) is 1. The van der Waals surface area contributed by atoms with Gasteiger partial charge >= 0.3 is 23.9 Å². The Hall–Kier alpha value is -3.33. The maximum Gasteiger partial charge on any atom is 0.309 e. The minimum Gasteiger partial charge on any atom is -0.481 e. The van der Waals surface area contributed by atoms with Crippen LogP contribution in [0.2, 0.25) is 0 Å². The van der Waals surface area contributed by atoms with E-state index in [0.717, 1.165) is 0 Å². The molecular weight excluding hydrogens is 826 g/mol. The van der Waals surface area contributed by atoms with Gasteiger partial charge in [0.15, 0.2) is 18.7 Å². The maximum atomic E-state index is 13.2. The number of carboxylic acids is 1. The Labute approximate surface area is 372 Å². The first-order chi connectivity index (χ1) is 29.4. The van der Waals surface area contributed by atoms with Crippen LogP contribution < -0.4 is 0 Å². The Morgan fingerprint density at radius 2 is 1.65 bits per heavy atom. The van der Waals surface area contributed by atoms with Crippen LogP contribution in [0.3, 0.4) is 0 Å². The molecule has 4 N–H and O–H groups in total. The summed E-state index contributed by atoms with van der Waals surface area (Å²) < 4.78 is 48.6. The number of carbonyl (C=O) groups is 5. The fourth-order valence-electron chi connectivity index (χ4n) is 8.08. The number of esters is 3. The standard InChI is InChI=1S/C42H69NO15.C3H6O2/c1-23(2)19-32(47)56-40-27(6)53-34(22-42(40,8)50)57-37-26(5)54-41(36(49)35(37)43(9)10)58-38-29(17-18-44)20-24(3)30(46)16-14-12-13-15-25(4)52-33(48)21-31(39(38)51-11)55-28(7)45;1-2-3(4)5/h12-14,16,18,23-27,29-31,34-41,46,49-50H,15,17,19-22H2,1-11H3;2H2,1H3,(H,4,5)/b13-12+,16-14+;/t24-,25-,26-,27+,29+,30+,31-,34+,35-,36-,37-,38+,39?,40-,41+,42-;/m1./s1. The number of carboxylic acid groups (broad SMARTS) is 1. The first-order valence-corrected chi connectivity index (χ1v) is 21.9. The lowest BCUT2D eigenvalue weighted by molar-refractivity contribution is -0.344. The number of aldehydes is 1. The molecule has 0 amide bonds. The summed E-state index contributed by atoms with van der Waals surface area (Å²) in [4.78, 5) is 61.6. The number of ether oxygens (including phenoxy) is 8. The van der Waals surface area contributed by atoms with Gasteiger partial charge in [-0.15, -0.1) is 0 Å². The van der Waals surface area contributed by atoms with Crippen LogP contribution in [-0.2, 0) is 61.9 Å². The molecule has 362 valence electrons. The first kappa shape index (κ1) is 55.8. The van der Waals surface area contributed by atoms with Gasteiger partial charge in [0, 0.05) is 46.1 Å². The quantitative estimate of drug-likeness (QED) is 0.117. The third-order valence-electron chi connectivity index (χ3n) is 11.2. The lowest BCUT2D eigenvalue weighted by Crippen LogP contribution is -2.66. The second-order valence-corrected chi connectivity index (χ2v) is 17.7. The van der Waals surface area contributed by atoms with Crippen molar-refractivity contribution in [1.29, 1.82) is 0 Å². The summed E-state index contributed by atoms with van der Waals surface area (Å²) in [6, 6.07) is -0.782. The summed E-state index contributed by atoms with van der Waals surface area (Å²) in [6.45, 7) is 15.1. The zero-order chi connectivity index (χ0) is 47.8. The zero-order valence-corrected chi connectivity index (χ0v) is 39.1. The lowest BCUT2D eigenvalue weighted by atomic mass is 9.82. The van der Waals surface area contributed by atoms with Gasteiger partial charge in [-0.1, -0.05) is 52.0 Å². The molecule has 2 saturated heterocycles. The van der Waals surface area contributed by atoms with E-state index in [1.165, 1.54) is 14.0 Å². The van der Waals surface area contributed by atoms with Crippen molar-refractivity contribution in [2.45, 2.75) is 193 Å². The van der Waals surface area contributed by atoms with Gasteiger partial charge in [0.2, 0.25) is 0 Å². The van der Waals surface area contributed by atoms with E-state index in [1.807, 2.05) is 20.8 Å². The van der Waals surface area contributed by atoms with Crippen molar-refractivity contribution in [1.82, 2.24) is 4.90 Å². The number of hydrogen-bond acceptors (Lipinski definition) is 17. The van der Waals surface area contributed by atoms with Crippen LogP contribution in [0.15, 0.2) is 24.3 Å². The molecule has 16 atom stereocenters. The van der Waals surface area contributed by atoms with Gasteiger partial charge in [0.25, 0.3) is 0 Å². The van der Waals surface area contributed by atoms with Crippen molar-refractivity contribution in [3.63, 3.8) is 0 Å². The smallest absolute Gasteiger partial charge is 0.309 e. The Kier molecular flexibility index (Phi) is 23.5. The van der Waals surface area contributed by atoms with Crippen molar-refractivity contribution in [3.05, 3.63) is 24.3 Å². The van der Waals surface area contributed by atoms with Crippen LogP contribution in [0.5, 0.6) is 0 Å². The van der Waals surface area contributed by atoms with Crippen LogP contribution in [0.1, 0.15) is 107 Å². The number of aliphatic hydroxyl groups excluding tert-OH is 2. The van der Waals surface area contributed by atoms with Crippen LogP contribution in [-0.4, -0.2) is 162 Å². The number of carbonyl (C=O) groups excluding carboxylic acids is 4. The zero-order valence-electron chi connectivity index (χ0n) is 39.1. The molecule has 3 heterocycles. The monoisotopic (exact) mass is 902 g/mol. The molecule has 3 aliphatic heterocycles. The number of rotatable bonds is 13. The number of aliphatic carboxylic acids is 1. The Bertz CT molecular complexity index is 1500. The maximum absolute atomic E-state index is 13.2. The SMILES string of the molecule is CCC(=O)O.COC1[C@@H](O[C@@H]2O[C@H](C)[C@@H](O[C@H]3C[C@@](C)(O)[C@H](OC(=O)CC(C)C)[C@H](C)O3)[C@H](N(C)C)[C@H]2O)[C@@H](CC=O)C[C@@H](C)[C@@H](O)/C=C/C=C/C[C@@H](C)OC(=O)C[C@H]1OC(C)=O. The van der Waals surface area contributed by atoms with Gasteiger partial charge in [0.1, 0.15) is 42.4 Å². The van der Waals surface area contributed by atoms with Crippen molar-refractivity contribution in [3.8, 4) is 0 Å². The highest BCUT2D eigenvalue weighted by Gasteiger charge is 2.53. The summed E-state index contributed by atoms with van der Waals surface area (Å²) in [5.74, 6) is -3.56. The average Bonchev–Trinajstić information content (AvgIpc) is 3.16. The largest absolute Gasteiger partial charge is 0.481 e. The van der Waals surface area contributed by atoms with Crippen molar-refractivity contribution >= 4 is 30.2 Å². The molecule has 0 aliphatic carbocycles. The second kappa shape index (κ2) is 26.6. The first-order valence-electron chi connectivity index (χ1n) is 21.9. The highest BCUT2D eigenvalue weighted by Crippen LogP contribution is 2.38. The van der Waals surface area contributed by atoms with Crippen molar-refractivity contribution in [2.24, 2.45) is 17.8 Å². The van der Waals surface area contributed by atoms with Gasteiger partial charge in [-0.3, -0.25) is 19.2 Å². The third-order valence-corrected chi connectivity index (χ3v) is 11.2. The molecule has 18 nitrogen and oxygen atoms in total. The number of cyclic esters (lactones) is 1. The van der Waals surface area contributed by atoms with Gasteiger partial charge in [0.05, 0.1) is 36.9 Å². The minimum absolute atomic E-state index is 0.0460. The highest BCUT2D eigenvalue weighted by atomic mass is 16.7. The Morgan fingerprint density at radius 1 is 1.00 bits per heavy atom. The molecule has 18 heteroatoms. The summed E-state index contributed by atoms with van der Waals surface area (Å²) in [5, 5.41) is 42.3. The summed E-state index contributed by atoms with van der Waals surface area (Å²) >= 11 is 0. The summed E-state index contributed by atoms with van der Waals surface area (Å²) in [7, 11) is 4.86. The van der Waals surface area contributed by atoms with Crippen molar-refractivity contribution in [2.75, 3.05) is 21.2 Å². The number of nitrogens with zero attached hydrogens (tertiary/aromatic N) is 1. The average molecular weight is 902 g/mol. The molecule has 2 fully saturated rings. The Morgan fingerprint density at radius 3 is 2.19 bits per heavy atom. The van der Waals surface area contributed by atoms with E-state index < -0.39 is 127 Å². The molecule has 0 aromatic rings. The van der Waals surface area contributed by atoms with Gasteiger partial charge in [-0.05, 0) is 66.0 Å². The van der Waals surface area contributed by atoms with Crippen LogP contribution in [0, 0.1) is 17.8 Å². The van der Waals surface area contributed by atoms with E-state index in [9.17, 15) is 39.3 Å². The van der Waals surface area contributed by atoms with E-state index in [2.05, 4.69) is 0 Å². The number of allylic oxidation sites excluding steroid dienone is 2. The lowest BCUT2D eigenvalue weighted by Gasteiger charge is -2.50. The summed E-state index contributed by atoms with van der Waals surface area (Å²) in [6.07, 6.45) is -3.88. The normalized spacial score (nSPS) is 38.0. The van der Waals surface area contributed by atoms with E-state index >= 15 is 0 Å². The molecule has 0 saturated carbocycles. The number of methoxy groups -OCH3 is 1. The van der Waals surface area contributed by atoms with E-state index in [0.29, 0.717) is 12.7 Å². The predicted octanol–water partition coefficient (Wildman–Crippen LogP) is 3.49. The summed E-state index contributed by atoms with van der Waals surface area (Å²) in [5.41, 5.74) is -1.50. The molecule has 1 unspecified atom stereocenters. The van der Waals surface area contributed by atoms with Crippen LogP contribution >= 0.6 is 0 Å². The van der Waals surface area contributed by atoms with Gasteiger partial charge in [-0.25, -0.2) is 0 Å². The fraction of sp³-hybridized carbons (Fsp3) is 0.800. The molecule has 3 rings (SSSR count). The predicted molar refractivity (Wildman–Crippen MR) is 228 cm³/mol. The number of aliphatic hydroxyl groups is 3. The second-order valence-electron chi connectivity index (χ2n) is 17.7.